The number of aromatic amines is 1. The van der Waals surface area contributed by atoms with E-state index in [4.69, 9.17) is 4.74 Å². The van der Waals surface area contributed by atoms with E-state index in [1.807, 2.05) is 6.07 Å². The van der Waals surface area contributed by atoms with Crippen molar-refractivity contribution in [1.82, 2.24) is 20.0 Å². The molecule has 2 saturated heterocycles. The summed E-state index contributed by atoms with van der Waals surface area (Å²) in [5.74, 6) is 0.781. The van der Waals surface area contributed by atoms with E-state index in [9.17, 15) is 0 Å². The predicted octanol–water partition coefficient (Wildman–Crippen LogP) is 2.62. The minimum Gasteiger partial charge on any atom is -0.379 e. The van der Waals surface area contributed by atoms with Gasteiger partial charge in [-0.2, -0.15) is 5.10 Å². The number of piperidine rings is 1. The smallest absolute Gasteiger partial charge is 0.0924 e. The van der Waals surface area contributed by atoms with Crippen molar-refractivity contribution in [2.24, 2.45) is 5.92 Å². The molecule has 0 saturated carbocycles. The monoisotopic (exact) mass is 340 g/mol. The Labute approximate surface area is 150 Å². The fourth-order valence-corrected chi connectivity index (χ4v) is 4.03. The van der Waals surface area contributed by atoms with Gasteiger partial charge in [0.05, 0.1) is 18.9 Å². The summed E-state index contributed by atoms with van der Waals surface area (Å²) in [6.45, 7) is 8.56. The molecule has 1 N–H and O–H groups in total. The normalized spacial score (nSPS) is 23.0. The van der Waals surface area contributed by atoms with Crippen molar-refractivity contribution in [2.75, 3.05) is 45.9 Å². The molecule has 3 heterocycles. The van der Waals surface area contributed by atoms with Crippen molar-refractivity contribution in [1.29, 1.82) is 0 Å². The van der Waals surface area contributed by atoms with Gasteiger partial charge >= 0.3 is 0 Å². The minimum atomic E-state index is 0.781. The molecule has 0 bridgehead atoms. The molecule has 0 amide bonds. The Balaban J connectivity index is 1.32. The lowest BCUT2D eigenvalue weighted by Gasteiger charge is -2.36. The highest BCUT2D eigenvalue weighted by Crippen LogP contribution is 2.22. The number of hydrogen-bond donors (Lipinski definition) is 1. The molecular formula is C20H28N4O. The molecule has 134 valence electrons. The number of rotatable bonds is 5. The highest BCUT2D eigenvalue weighted by molar-refractivity contribution is 5.58. The van der Waals surface area contributed by atoms with Crippen LogP contribution in [0.5, 0.6) is 0 Å². The zero-order chi connectivity index (χ0) is 16.9. The molecule has 5 heteroatoms. The zero-order valence-corrected chi connectivity index (χ0v) is 14.9. The SMILES string of the molecule is c1ccc(-c2cc(CN3CCC[C@@H](CN4CCOCC4)C3)[nH]n2)cc1. The molecular weight excluding hydrogens is 312 g/mol. The maximum absolute atomic E-state index is 5.46. The first-order chi connectivity index (χ1) is 12.4. The summed E-state index contributed by atoms with van der Waals surface area (Å²) in [5, 5.41) is 7.72. The Hall–Kier alpha value is -1.69. The van der Waals surface area contributed by atoms with Crippen LogP contribution >= 0.6 is 0 Å². The summed E-state index contributed by atoms with van der Waals surface area (Å²) in [6.07, 6.45) is 2.65. The molecule has 1 atom stereocenters. The van der Waals surface area contributed by atoms with E-state index in [1.54, 1.807) is 0 Å². The summed E-state index contributed by atoms with van der Waals surface area (Å²) in [7, 11) is 0. The van der Waals surface area contributed by atoms with Gasteiger partial charge in [-0.15, -0.1) is 0 Å². The van der Waals surface area contributed by atoms with Gasteiger partial charge in [0.25, 0.3) is 0 Å². The van der Waals surface area contributed by atoms with Crippen molar-refractivity contribution in [3.05, 3.63) is 42.1 Å². The second kappa shape index (κ2) is 8.13. The van der Waals surface area contributed by atoms with E-state index < -0.39 is 0 Å². The number of benzene rings is 1. The van der Waals surface area contributed by atoms with Gasteiger partial charge in [-0.25, -0.2) is 0 Å². The number of nitrogens with zero attached hydrogens (tertiary/aromatic N) is 3. The van der Waals surface area contributed by atoms with E-state index >= 15 is 0 Å². The number of hydrogen-bond acceptors (Lipinski definition) is 4. The Bertz CT molecular complexity index is 651. The third-order valence-electron chi connectivity index (χ3n) is 5.32. The maximum atomic E-state index is 5.46. The average Bonchev–Trinajstić information content (AvgIpc) is 3.12. The van der Waals surface area contributed by atoms with Crippen LogP contribution in [0.3, 0.4) is 0 Å². The van der Waals surface area contributed by atoms with Crippen LogP contribution in [0, 0.1) is 5.92 Å². The largest absolute Gasteiger partial charge is 0.379 e. The highest BCUT2D eigenvalue weighted by atomic mass is 16.5. The van der Waals surface area contributed by atoms with Crippen molar-refractivity contribution >= 4 is 0 Å². The lowest BCUT2D eigenvalue weighted by molar-refractivity contribution is 0.0223. The first-order valence-corrected chi connectivity index (χ1v) is 9.49. The fraction of sp³-hybridized carbons (Fsp3) is 0.550. The van der Waals surface area contributed by atoms with E-state index in [1.165, 1.54) is 43.7 Å². The highest BCUT2D eigenvalue weighted by Gasteiger charge is 2.23. The van der Waals surface area contributed by atoms with Crippen molar-refractivity contribution in [3.8, 4) is 11.3 Å². The molecule has 0 radical (unpaired) electrons. The van der Waals surface area contributed by atoms with Crippen LogP contribution in [0.15, 0.2) is 36.4 Å². The molecule has 2 aromatic rings. The van der Waals surface area contributed by atoms with Gasteiger partial charge in [-0.1, -0.05) is 30.3 Å². The van der Waals surface area contributed by atoms with Crippen molar-refractivity contribution in [2.45, 2.75) is 19.4 Å². The quantitative estimate of drug-likeness (QED) is 0.909. The van der Waals surface area contributed by atoms with Crippen LogP contribution < -0.4 is 0 Å². The standard InChI is InChI=1S/C20H28N4O/c1-2-6-18(7-3-1)20-13-19(21-22-20)16-24-8-4-5-17(15-24)14-23-9-11-25-12-10-23/h1-3,6-7,13,17H,4-5,8-12,14-16H2,(H,21,22)/t17-/m0/s1. The van der Waals surface area contributed by atoms with Gasteiger partial charge in [0.1, 0.15) is 0 Å². The molecule has 2 aliphatic heterocycles. The molecule has 5 nitrogen and oxygen atoms in total. The van der Waals surface area contributed by atoms with Gasteiger partial charge in [0.15, 0.2) is 0 Å². The summed E-state index contributed by atoms with van der Waals surface area (Å²) >= 11 is 0. The summed E-state index contributed by atoms with van der Waals surface area (Å²) in [6, 6.07) is 12.6. The summed E-state index contributed by atoms with van der Waals surface area (Å²) < 4.78 is 5.46. The molecule has 2 aliphatic rings. The van der Waals surface area contributed by atoms with Crippen LogP contribution in [0.4, 0.5) is 0 Å². The van der Waals surface area contributed by atoms with E-state index in [-0.39, 0.29) is 0 Å². The third kappa shape index (κ3) is 4.48. The molecule has 1 aromatic heterocycles. The van der Waals surface area contributed by atoms with Crippen molar-refractivity contribution < 1.29 is 4.74 Å². The molecule has 0 aliphatic carbocycles. The third-order valence-corrected chi connectivity index (χ3v) is 5.32. The molecule has 1 aromatic carbocycles. The van der Waals surface area contributed by atoms with Crippen LogP contribution in [-0.2, 0) is 11.3 Å². The summed E-state index contributed by atoms with van der Waals surface area (Å²) in [5.41, 5.74) is 3.43. The number of ether oxygens (including phenoxy) is 1. The molecule has 25 heavy (non-hydrogen) atoms. The zero-order valence-electron chi connectivity index (χ0n) is 14.9. The van der Waals surface area contributed by atoms with Crippen LogP contribution in [-0.4, -0.2) is 65.9 Å². The van der Waals surface area contributed by atoms with Crippen LogP contribution in [0.2, 0.25) is 0 Å². The van der Waals surface area contributed by atoms with Gasteiger partial charge in [-0.05, 0) is 31.4 Å². The van der Waals surface area contributed by atoms with Gasteiger partial charge < -0.3 is 4.74 Å². The predicted molar refractivity (Wildman–Crippen MR) is 99.3 cm³/mol. The number of likely N-dealkylation sites (tertiary alicyclic amines) is 1. The minimum absolute atomic E-state index is 0.781. The average molecular weight is 340 g/mol. The Morgan fingerprint density at radius 3 is 2.76 bits per heavy atom. The molecule has 0 unspecified atom stereocenters. The van der Waals surface area contributed by atoms with Gasteiger partial charge in [0.2, 0.25) is 0 Å². The lowest BCUT2D eigenvalue weighted by atomic mass is 9.97. The first-order valence-electron chi connectivity index (χ1n) is 9.49. The number of morpholine rings is 1. The maximum Gasteiger partial charge on any atom is 0.0924 e. The fourth-order valence-electron chi connectivity index (χ4n) is 4.03. The molecule has 4 rings (SSSR count). The number of nitrogens with one attached hydrogen (secondary N) is 1. The summed E-state index contributed by atoms with van der Waals surface area (Å²) in [4.78, 5) is 5.15. The van der Waals surface area contributed by atoms with Crippen molar-refractivity contribution in [3.63, 3.8) is 0 Å². The second-order valence-corrected chi connectivity index (χ2v) is 7.30. The Morgan fingerprint density at radius 1 is 1.08 bits per heavy atom. The van der Waals surface area contributed by atoms with Gasteiger partial charge in [0, 0.05) is 44.0 Å². The van der Waals surface area contributed by atoms with Gasteiger partial charge in [-0.3, -0.25) is 14.9 Å². The second-order valence-electron chi connectivity index (χ2n) is 7.30. The van der Waals surface area contributed by atoms with E-state index in [0.29, 0.717) is 0 Å². The number of H-pyrrole nitrogens is 1. The van der Waals surface area contributed by atoms with E-state index in [0.717, 1.165) is 44.5 Å². The van der Waals surface area contributed by atoms with Crippen LogP contribution in [0.1, 0.15) is 18.5 Å². The van der Waals surface area contributed by atoms with E-state index in [2.05, 4.69) is 50.3 Å². The lowest BCUT2D eigenvalue weighted by Crippen LogP contribution is -2.44. The Morgan fingerprint density at radius 2 is 1.92 bits per heavy atom. The van der Waals surface area contributed by atoms with Crippen LogP contribution in [0.25, 0.3) is 11.3 Å². The topological polar surface area (TPSA) is 44.4 Å². The molecule has 2 fully saturated rings. The Kier molecular flexibility index (Phi) is 5.45. The molecule has 0 spiro atoms. The number of aromatic nitrogens is 2. The first kappa shape index (κ1) is 16.8.